The van der Waals surface area contributed by atoms with Crippen LogP contribution in [-0.2, 0) is 18.6 Å². The standard InChI is InChI=1S/C14H15Cl15.C14H18Cl12.C2H4P.V/c1-5(15)8(18)6(16)3-11(22,23)9(19)13(26,27)14(28,29)12(24,25)4-7(17)10(2,20)21;1-3(15)5(17)7(19)9(21)11(23)13(25)14(26)12(24)10(22)8(20)6(18)4(2)16;1-2-3;/h5-9H,3-4H2,1-2H3;3-14H,1-2H3;1,3H2;/q;;-1;. The summed E-state index contributed by atoms with van der Waals surface area (Å²) in [5.41, 5.74) is 0. The van der Waals surface area contributed by atoms with E-state index in [2.05, 4.69) is 21.6 Å². The van der Waals surface area contributed by atoms with Crippen LogP contribution in [0.25, 0.3) is 0 Å². The molecule has 29 heteroatoms. The molecule has 59 heavy (non-hydrogen) atoms. The van der Waals surface area contributed by atoms with Crippen molar-refractivity contribution in [3.05, 3.63) is 12.4 Å². The van der Waals surface area contributed by atoms with Crippen molar-refractivity contribution in [2.45, 2.75) is 154 Å². The van der Waals surface area contributed by atoms with Crippen molar-refractivity contribution >= 4 is 322 Å². The van der Waals surface area contributed by atoms with E-state index in [4.69, 9.17) is 313 Å². The van der Waals surface area contributed by atoms with Crippen LogP contribution in [0, 0.1) is 5.82 Å². The molecule has 0 saturated heterocycles. The van der Waals surface area contributed by atoms with Crippen LogP contribution in [0.2, 0.25) is 0 Å². The van der Waals surface area contributed by atoms with Gasteiger partial charge >= 0.3 is 0 Å². The van der Waals surface area contributed by atoms with Crippen LogP contribution in [-0.4, -0.2) is 113 Å². The van der Waals surface area contributed by atoms with E-state index in [0.717, 1.165) is 0 Å². The van der Waals surface area contributed by atoms with E-state index in [-0.39, 0.29) is 31.4 Å². The molecule has 0 aliphatic heterocycles. The van der Waals surface area contributed by atoms with Crippen LogP contribution in [0.4, 0.5) is 0 Å². The van der Waals surface area contributed by atoms with Crippen molar-refractivity contribution in [3.8, 4) is 0 Å². The Labute approximate surface area is 499 Å². The zero-order valence-corrected chi connectivity index (χ0v) is 53.1. The average molecular weight is 1440 g/mol. The Morgan fingerprint density at radius 3 is 0.915 bits per heavy atom. The van der Waals surface area contributed by atoms with Gasteiger partial charge in [-0.05, 0) is 34.1 Å². The molecule has 357 valence electrons. The molecule has 0 bridgehead atoms. The molecule has 0 heterocycles. The average Bonchev–Trinajstić information content (AvgIpc) is 3.10. The van der Waals surface area contributed by atoms with Gasteiger partial charge in [0, 0.05) is 41.1 Å². The smallest absolute Gasteiger partial charge is 0.185 e. The first-order chi connectivity index (χ1) is 25.7. The molecule has 1 radical (unpaired) electrons. The van der Waals surface area contributed by atoms with Crippen molar-refractivity contribution in [1.29, 1.82) is 0 Å². The quantitative estimate of drug-likeness (QED) is 0.0576. The Balaban J connectivity index is -0.000000475. The van der Waals surface area contributed by atoms with Gasteiger partial charge in [-0.15, -0.1) is 220 Å². The molecule has 0 aromatic heterocycles. The van der Waals surface area contributed by atoms with Crippen molar-refractivity contribution in [2.75, 3.05) is 0 Å². The van der Waals surface area contributed by atoms with Crippen LogP contribution in [0.5, 0.6) is 0 Å². The van der Waals surface area contributed by atoms with Gasteiger partial charge in [0.2, 0.25) is 0 Å². The van der Waals surface area contributed by atoms with Gasteiger partial charge in [0.1, 0.15) is 14.0 Å². The number of alkyl halides is 27. The fraction of sp³-hybridized carbons (Fsp3) is 0.933. The Hall–Kier alpha value is 8.58. The number of rotatable bonds is 22. The molecule has 18 unspecified atom stereocenters. The van der Waals surface area contributed by atoms with Crippen LogP contribution >= 0.6 is 322 Å². The Bertz CT molecular complexity index is 1110. The molecular formula is C30H37Cl27PV-. The minimum absolute atomic E-state index is 0. The number of hydrogen-bond acceptors (Lipinski definition) is 0. The van der Waals surface area contributed by atoms with E-state index in [1.54, 1.807) is 20.8 Å². The minimum atomic E-state index is -2.36. The molecule has 0 aliphatic carbocycles. The predicted octanol–water partition coefficient (Wildman–Crippen LogP) is 19.8. The molecule has 0 nitrogen and oxygen atoms in total. The number of hydrogen-bond donors (Lipinski definition) is 0. The monoisotopic (exact) mass is 1420 g/mol. The molecule has 0 rings (SSSR count). The van der Waals surface area contributed by atoms with Crippen LogP contribution < -0.4 is 0 Å². The van der Waals surface area contributed by atoms with Crippen LogP contribution in [0.1, 0.15) is 40.5 Å². The second kappa shape index (κ2) is 33.4. The van der Waals surface area contributed by atoms with Gasteiger partial charge in [-0.3, -0.25) is 6.58 Å². The Kier molecular flexibility index (Phi) is 42.0. The van der Waals surface area contributed by atoms with Crippen LogP contribution in [0.15, 0.2) is 6.58 Å². The molecule has 0 aliphatic rings. The van der Waals surface area contributed by atoms with E-state index < -0.39 is 113 Å². The first-order valence-electron chi connectivity index (χ1n) is 15.7. The normalized spacial score (nSPS) is 21.8. The molecule has 0 saturated carbocycles. The summed E-state index contributed by atoms with van der Waals surface area (Å²) >= 11 is 168. The maximum Gasteiger partial charge on any atom is 0.185 e. The summed E-state index contributed by atoms with van der Waals surface area (Å²) in [6, 6.07) is 0. The SMILES string of the molecule is C=[C-]P.CC(Cl)C(Cl)C(Cl)C(Cl)C(Cl)C(Cl)C(Cl)C(Cl)C(Cl)C(Cl)C(Cl)C(C)Cl.CC(Cl)C(Cl)C(Cl)CC(Cl)(Cl)C(Cl)C(Cl)(Cl)C(Cl)(Cl)C(Cl)(Cl)CC(Cl)C(C)(Cl)Cl.[V]. The third-order valence-electron chi connectivity index (χ3n) is 7.42. The summed E-state index contributed by atoms with van der Waals surface area (Å²) in [5.74, 6) is 2.42. The van der Waals surface area contributed by atoms with Crippen molar-refractivity contribution < 1.29 is 18.6 Å². The van der Waals surface area contributed by atoms with Gasteiger partial charge in [-0.1, -0.05) is 92.8 Å². The summed E-state index contributed by atoms with van der Waals surface area (Å²) in [4.78, 5) is 0. The van der Waals surface area contributed by atoms with E-state index in [1.807, 2.05) is 0 Å². The van der Waals surface area contributed by atoms with Gasteiger partial charge in [0.15, 0.2) is 13.0 Å². The minimum Gasteiger partial charge on any atom is -0.480 e. The molecule has 0 N–H and O–H groups in total. The predicted molar refractivity (Wildman–Crippen MR) is 287 cm³/mol. The van der Waals surface area contributed by atoms with E-state index >= 15 is 0 Å². The second-order valence-electron chi connectivity index (χ2n) is 12.5. The molecule has 0 spiro atoms. The van der Waals surface area contributed by atoms with Gasteiger partial charge in [-0.2, -0.15) is 0 Å². The third-order valence-corrected chi connectivity index (χ3v) is 23.8. The summed E-state index contributed by atoms with van der Waals surface area (Å²) in [6.07, 6.45) is -0.512. The fourth-order valence-electron chi connectivity index (χ4n) is 3.88. The summed E-state index contributed by atoms with van der Waals surface area (Å²) in [5, 5.41) is -13.3. The maximum absolute atomic E-state index is 6.39. The molecule has 18 atom stereocenters. The van der Waals surface area contributed by atoms with E-state index in [1.165, 1.54) is 6.92 Å². The first-order valence-corrected chi connectivity index (χ1v) is 27.5. The van der Waals surface area contributed by atoms with Gasteiger partial charge < -0.3 is 15.1 Å². The third kappa shape index (κ3) is 24.4. The topological polar surface area (TPSA) is 0 Å². The van der Waals surface area contributed by atoms with Crippen molar-refractivity contribution in [3.63, 3.8) is 0 Å². The van der Waals surface area contributed by atoms with Crippen molar-refractivity contribution in [2.24, 2.45) is 0 Å². The number of halogens is 27. The molecule has 0 fully saturated rings. The largest absolute Gasteiger partial charge is 0.480 e. The van der Waals surface area contributed by atoms with Crippen molar-refractivity contribution in [1.82, 2.24) is 0 Å². The maximum atomic E-state index is 6.39. The molecule has 0 aromatic carbocycles. The second-order valence-corrected chi connectivity index (χ2v) is 29.5. The summed E-state index contributed by atoms with van der Waals surface area (Å²) in [6.45, 7) is 9.65. The summed E-state index contributed by atoms with van der Waals surface area (Å²) < 4.78 is -10.1. The van der Waals surface area contributed by atoms with Gasteiger partial charge in [-0.25, -0.2) is 0 Å². The Morgan fingerprint density at radius 1 is 0.458 bits per heavy atom. The van der Waals surface area contributed by atoms with E-state index in [0.29, 0.717) is 0 Å². The molecular weight excluding hydrogens is 1400 g/mol. The van der Waals surface area contributed by atoms with Crippen LogP contribution in [0.3, 0.4) is 0 Å². The zero-order chi connectivity index (χ0) is 47.4. The molecule has 0 aromatic rings. The van der Waals surface area contributed by atoms with Gasteiger partial charge in [0.05, 0.1) is 69.9 Å². The fourth-order valence-corrected chi connectivity index (χ4v) is 12.5. The Morgan fingerprint density at radius 2 is 0.695 bits per heavy atom. The van der Waals surface area contributed by atoms with E-state index in [9.17, 15) is 0 Å². The van der Waals surface area contributed by atoms with Gasteiger partial charge in [0.25, 0.3) is 0 Å². The zero-order valence-electron chi connectivity index (χ0n) is 30.2. The first kappa shape index (κ1) is 74.1. The summed E-state index contributed by atoms with van der Waals surface area (Å²) in [7, 11) is 2.22. The molecule has 0 amide bonds.